The number of rotatable bonds is 4. The second-order valence-electron chi connectivity index (χ2n) is 9.24. The van der Waals surface area contributed by atoms with Crippen LogP contribution in [0.25, 0.3) is 16.8 Å². The maximum Gasteiger partial charge on any atom is 0.490 e. The molecule has 0 aliphatic carbocycles. The second-order valence-corrected chi connectivity index (χ2v) is 9.24. The van der Waals surface area contributed by atoms with Crippen LogP contribution in [0, 0.1) is 5.82 Å². The van der Waals surface area contributed by atoms with Crippen molar-refractivity contribution in [3.63, 3.8) is 0 Å². The molecule has 0 bridgehead atoms. The minimum atomic E-state index is -5.08. The number of nitrogens with zero attached hydrogens (tertiary/aromatic N) is 5. The minimum Gasteiger partial charge on any atom is -0.475 e. The molecular weight excluding hydrogens is 591 g/mol. The van der Waals surface area contributed by atoms with Crippen molar-refractivity contribution in [2.24, 2.45) is 0 Å². The van der Waals surface area contributed by atoms with Crippen LogP contribution in [-0.2, 0) is 16.1 Å². The van der Waals surface area contributed by atoms with E-state index in [0.717, 1.165) is 60.6 Å². The van der Waals surface area contributed by atoms with Crippen LogP contribution >= 0.6 is 0 Å². The fraction of sp³-hybridized carbons (Fsp3) is 0.296. The van der Waals surface area contributed by atoms with Gasteiger partial charge in [0.2, 0.25) is 0 Å². The molecule has 3 aromatic heterocycles. The molecule has 16 heteroatoms. The Bertz CT molecular complexity index is 1500. The van der Waals surface area contributed by atoms with E-state index in [4.69, 9.17) is 29.9 Å². The Morgan fingerprint density at radius 2 is 1.60 bits per heavy atom. The van der Waals surface area contributed by atoms with Gasteiger partial charge >= 0.3 is 24.3 Å². The molecule has 1 atom stereocenters. The number of pyridine rings is 2. The monoisotopic (exact) mass is 615 g/mol. The smallest absolute Gasteiger partial charge is 0.475 e. The van der Waals surface area contributed by atoms with E-state index >= 15 is 0 Å². The van der Waals surface area contributed by atoms with Crippen molar-refractivity contribution in [1.29, 1.82) is 0 Å². The number of aliphatic carboxylic acids is 2. The molecule has 1 aliphatic rings. The zero-order valence-corrected chi connectivity index (χ0v) is 22.1. The Labute approximate surface area is 239 Å². The second kappa shape index (κ2) is 14.0. The fourth-order valence-corrected chi connectivity index (χ4v) is 4.08. The third-order valence-electron chi connectivity index (χ3n) is 5.99. The molecule has 5 rings (SSSR count). The zero-order chi connectivity index (χ0) is 31.8. The van der Waals surface area contributed by atoms with E-state index in [1.165, 1.54) is 6.07 Å². The van der Waals surface area contributed by atoms with Gasteiger partial charge in [0, 0.05) is 48.7 Å². The molecule has 0 radical (unpaired) electrons. The lowest BCUT2D eigenvalue weighted by Crippen LogP contribution is -2.34. The van der Waals surface area contributed by atoms with Crippen LogP contribution in [0.15, 0.2) is 67.1 Å². The van der Waals surface area contributed by atoms with Crippen molar-refractivity contribution in [3.8, 4) is 11.1 Å². The standard InChI is InChI=1S/C23H22FN5.2C2HF3O2/c24-21-7-1-4-17(12-21)14-28-11-3-6-20(15-28)23-26-22-9-8-19(16-29(22)27-23)18-5-2-10-25-13-18;2*3-2(4,5)1(6)7/h1-2,4-5,7-10,12-13,16,20H,3,6,11,14-15H2;2*(H,6,7). The van der Waals surface area contributed by atoms with Gasteiger partial charge in [0.05, 0.1) is 0 Å². The van der Waals surface area contributed by atoms with Crippen LogP contribution in [0.5, 0.6) is 0 Å². The molecule has 2 N–H and O–H groups in total. The van der Waals surface area contributed by atoms with E-state index in [0.29, 0.717) is 5.92 Å². The van der Waals surface area contributed by atoms with Crippen LogP contribution in [0.1, 0.15) is 30.1 Å². The number of aromatic nitrogens is 4. The lowest BCUT2D eigenvalue weighted by atomic mass is 9.97. The molecule has 1 unspecified atom stereocenters. The average molecular weight is 616 g/mol. The quantitative estimate of drug-likeness (QED) is 0.286. The number of likely N-dealkylation sites (tertiary alicyclic amines) is 1. The van der Waals surface area contributed by atoms with Crippen molar-refractivity contribution >= 4 is 17.6 Å². The van der Waals surface area contributed by atoms with Gasteiger partial charge in [-0.15, -0.1) is 0 Å². The molecule has 0 saturated carbocycles. The number of halogens is 7. The van der Waals surface area contributed by atoms with Crippen molar-refractivity contribution in [2.45, 2.75) is 37.7 Å². The Morgan fingerprint density at radius 1 is 0.930 bits per heavy atom. The van der Waals surface area contributed by atoms with Gasteiger partial charge in [-0.3, -0.25) is 9.88 Å². The lowest BCUT2D eigenvalue weighted by molar-refractivity contribution is -0.193. The number of fused-ring (bicyclic) bond motifs is 1. The Kier molecular flexibility index (Phi) is 10.7. The zero-order valence-electron chi connectivity index (χ0n) is 22.1. The SMILES string of the molecule is Fc1cccc(CN2CCCC(c3nc4ccc(-c5cccnc5)cn4n3)C2)c1.O=C(O)C(F)(F)F.O=C(O)C(F)(F)F. The van der Waals surface area contributed by atoms with Crippen LogP contribution in [0.4, 0.5) is 30.7 Å². The summed E-state index contributed by atoms with van der Waals surface area (Å²) in [6, 6.07) is 14.9. The van der Waals surface area contributed by atoms with Crippen molar-refractivity contribution < 1.29 is 50.5 Å². The summed E-state index contributed by atoms with van der Waals surface area (Å²) < 4.78 is 78.8. The van der Waals surface area contributed by atoms with E-state index < -0.39 is 24.3 Å². The highest BCUT2D eigenvalue weighted by molar-refractivity contribution is 5.73. The summed E-state index contributed by atoms with van der Waals surface area (Å²) in [6.45, 7) is 2.67. The van der Waals surface area contributed by atoms with E-state index in [1.54, 1.807) is 18.3 Å². The van der Waals surface area contributed by atoms with E-state index in [2.05, 4.69) is 16.0 Å². The van der Waals surface area contributed by atoms with E-state index in [9.17, 15) is 30.7 Å². The largest absolute Gasteiger partial charge is 0.490 e. The highest BCUT2D eigenvalue weighted by atomic mass is 19.4. The summed E-state index contributed by atoms with van der Waals surface area (Å²) in [4.78, 5) is 29.1. The Morgan fingerprint density at radius 3 is 2.19 bits per heavy atom. The molecule has 1 fully saturated rings. The molecule has 4 heterocycles. The summed E-state index contributed by atoms with van der Waals surface area (Å²) >= 11 is 0. The molecule has 43 heavy (non-hydrogen) atoms. The summed E-state index contributed by atoms with van der Waals surface area (Å²) in [5.41, 5.74) is 3.99. The number of carbonyl (C=O) groups is 2. The maximum absolute atomic E-state index is 13.5. The molecule has 1 aliphatic heterocycles. The predicted molar refractivity (Wildman–Crippen MR) is 137 cm³/mol. The van der Waals surface area contributed by atoms with Crippen LogP contribution in [-0.4, -0.2) is 72.1 Å². The van der Waals surface area contributed by atoms with Crippen LogP contribution in [0.3, 0.4) is 0 Å². The van der Waals surface area contributed by atoms with Gasteiger partial charge in [-0.05, 0) is 55.3 Å². The summed E-state index contributed by atoms with van der Waals surface area (Å²) in [5, 5.41) is 19.0. The number of alkyl halides is 6. The van der Waals surface area contributed by atoms with Gasteiger partial charge in [-0.2, -0.15) is 31.4 Å². The van der Waals surface area contributed by atoms with E-state index in [-0.39, 0.29) is 5.82 Å². The topological polar surface area (TPSA) is 121 Å². The Balaban J connectivity index is 0.000000303. The number of hydrogen-bond acceptors (Lipinski definition) is 6. The van der Waals surface area contributed by atoms with Crippen LogP contribution in [0.2, 0.25) is 0 Å². The molecule has 4 aromatic rings. The first kappa shape index (κ1) is 32.9. The first-order valence-corrected chi connectivity index (χ1v) is 12.5. The molecular formula is C27H24F7N5O4. The normalized spacial score (nSPS) is 15.6. The maximum atomic E-state index is 13.5. The third-order valence-corrected chi connectivity index (χ3v) is 5.99. The van der Waals surface area contributed by atoms with Crippen molar-refractivity contribution in [1.82, 2.24) is 24.5 Å². The summed E-state index contributed by atoms with van der Waals surface area (Å²) in [5.74, 6) is -4.51. The molecule has 0 spiro atoms. The number of carboxylic acid groups (broad SMARTS) is 2. The van der Waals surface area contributed by atoms with Gasteiger partial charge in [-0.25, -0.2) is 23.5 Å². The van der Waals surface area contributed by atoms with Gasteiger partial charge in [0.15, 0.2) is 11.5 Å². The number of benzene rings is 1. The highest BCUT2D eigenvalue weighted by Crippen LogP contribution is 2.27. The van der Waals surface area contributed by atoms with Gasteiger partial charge in [0.25, 0.3) is 0 Å². The highest BCUT2D eigenvalue weighted by Gasteiger charge is 2.38. The lowest BCUT2D eigenvalue weighted by Gasteiger charge is -2.31. The van der Waals surface area contributed by atoms with Crippen molar-refractivity contribution in [2.75, 3.05) is 13.1 Å². The number of carboxylic acids is 2. The molecule has 230 valence electrons. The first-order valence-electron chi connectivity index (χ1n) is 12.5. The van der Waals surface area contributed by atoms with E-state index in [1.807, 2.05) is 41.2 Å². The van der Waals surface area contributed by atoms with Gasteiger partial charge < -0.3 is 10.2 Å². The molecule has 9 nitrogen and oxygen atoms in total. The van der Waals surface area contributed by atoms with Crippen LogP contribution < -0.4 is 0 Å². The van der Waals surface area contributed by atoms with Crippen molar-refractivity contribution in [3.05, 3.63) is 84.3 Å². The third kappa shape index (κ3) is 10.0. The number of piperidine rings is 1. The predicted octanol–water partition coefficient (Wildman–Crippen LogP) is 5.58. The average Bonchev–Trinajstić information content (AvgIpc) is 3.37. The summed E-state index contributed by atoms with van der Waals surface area (Å²) in [7, 11) is 0. The van der Waals surface area contributed by atoms with Gasteiger partial charge in [0.1, 0.15) is 5.82 Å². The summed E-state index contributed by atoms with van der Waals surface area (Å²) in [6.07, 6.45) is -2.36. The van der Waals surface area contributed by atoms with Gasteiger partial charge in [-0.1, -0.05) is 18.2 Å². The molecule has 1 aromatic carbocycles. The molecule has 0 amide bonds. The fourth-order valence-electron chi connectivity index (χ4n) is 4.08. The molecule has 1 saturated heterocycles. The first-order chi connectivity index (χ1) is 20.1. The minimum absolute atomic E-state index is 0.178. The number of hydrogen-bond donors (Lipinski definition) is 2. The Hall–Kier alpha value is -4.60.